The zero-order chi connectivity index (χ0) is 14.7. The van der Waals surface area contributed by atoms with Crippen LogP contribution in [0.4, 0.5) is 5.69 Å². The number of anilines is 1. The van der Waals surface area contributed by atoms with Crippen LogP contribution >= 0.6 is 0 Å². The van der Waals surface area contributed by atoms with Crippen molar-refractivity contribution in [2.75, 3.05) is 11.9 Å². The van der Waals surface area contributed by atoms with Gasteiger partial charge >= 0.3 is 0 Å². The van der Waals surface area contributed by atoms with Crippen molar-refractivity contribution >= 4 is 22.6 Å². The quantitative estimate of drug-likeness (QED) is 0.906. The summed E-state index contributed by atoms with van der Waals surface area (Å²) < 4.78 is 0. The Labute approximate surface area is 124 Å². The predicted molar refractivity (Wildman–Crippen MR) is 82.7 cm³/mol. The average Bonchev–Trinajstić information content (AvgIpc) is 2.54. The Kier molecular flexibility index (Phi) is 4.10. The van der Waals surface area contributed by atoms with Gasteiger partial charge in [-0.15, -0.1) is 0 Å². The molecular formula is C16H20N4O. The standard InChI is InChI=1S/C16H20N4O/c17-10-11-3-1-2-4-13(11)16(21)20-12-5-6-14-15(9-12)19-8-7-18-14/h5-9,11,13H,1-4,10,17H2,(H,20,21). The molecule has 0 spiro atoms. The minimum Gasteiger partial charge on any atom is -0.330 e. The SMILES string of the molecule is NCC1CCCCC1C(=O)Nc1ccc2nccnc2c1. The Hall–Kier alpha value is -2.01. The lowest BCUT2D eigenvalue weighted by Gasteiger charge is -2.29. The largest absolute Gasteiger partial charge is 0.330 e. The van der Waals surface area contributed by atoms with E-state index >= 15 is 0 Å². The second-order valence-corrected chi connectivity index (χ2v) is 5.64. The van der Waals surface area contributed by atoms with Crippen LogP contribution < -0.4 is 11.1 Å². The molecule has 2 unspecified atom stereocenters. The zero-order valence-corrected chi connectivity index (χ0v) is 12.0. The third-order valence-corrected chi connectivity index (χ3v) is 4.29. The number of hydrogen-bond donors (Lipinski definition) is 2. The third kappa shape index (κ3) is 3.03. The van der Waals surface area contributed by atoms with Gasteiger partial charge in [0.25, 0.3) is 0 Å². The van der Waals surface area contributed by atoms with Crippen molar-refractivity contribution in [1.29, 1.82) is 0 Å². The van der Waals surface area contributed by atoms with Crippen molar-refractivity contribution in [2.24, 2.45) is 17.6 Å². The summed E-state index contributed by atoms with van der Waals surface area (Å²) in [4.78, 5) is 21.0. The molecule has 0 aliphatic heterocycles. The maximum atomic E-state index is 12.5. The van der Waals surface area contributed by atoms with E-state index in [9.17, 15) is 4.79 Å². The molecule has 2 aromatic rings. The number of fused-ring (bicyclic) bond motifs is 1. The van der Waals surface area contributed by atoms with Gasteiger partial charge in [0.2, 0.25) is 5.91 Å². The van der Waals surface area contributed by atoms with Crippen LogP contribution in [-0.2, 0) is 4.79 Å². The van der Waals surface area contributed by atoms with Crippen molar-refractivity contribution in [2.45, 2.75) is 25.7 Å². The van der Waals surface area contributed by atoms with E-state index in [-0.39, 0.29) is 11.8 Å². The van der Waals surface area contributed by atoms with Gasteiger partial charge in [-0.05, 0) is 43.5 Å². The normalized spacial score (nSPS) is 22.1. The lowest BCUT2D eigenvalue weighted by atomic mass is 9.78. The smallest absolute Gasteiger partial charge is 0.227 e. The molecule has 21 heavy (non-hydrogen) atoms. The maximum absolute atomic E-state index is 12.5. The van der Waals surface area contributed by atoms with Crippen LogP contribution in [0.5, 0.6) is 0 Å². The molecule has 5 heteroatoms. The van der Waals surface area contributed by atoms with Crippen LogP contribution in [0.15, 0.2) is 30.6 Å². The highest BCUT2D eigenvalue weighted by Crippen LogP contribution is 2.30. The highest BCUT2D eigenvalue weighted by atomic mass is 16.1. The molecule has 5 nitrogen and oxygen atoms in total. The van der Waals surface area contributed by atoms with Gasteiger partial charge in [0, 0.05) is 24.0 Å². The summed E-state index contributed by atoms with van der Waals surface area (Å²) in [5.74, 6) is 0.411. The van der Waals surface area contributed by atoms with Gasteiger partial charge in [0.1, 0.15) is 0 Å². The van der Waals surface area contributed by atoms with E-state index in [2.05, 4.69) is 15.3 Å². The number of nitrogens with one attached hydrogen (secondary N) is 1. The molecule has 1 aromatic carbocycles. The van der Waals surface area contributed by atoms with Crippen molar-refractivity contribution in [3.05, 3.63) is 30.6 Å². The van der Waals surface area contributed by atoms with Crippen LogP contribution in [0.3, 0.4) is 0 Å². The molecule has 2 atom stereocenters. The Morgan fingerprint density at radius 1 is 1.19 bits per heavy atom. The summed E-state index contributed by atoms with van der Waals surface area (Å²) in [5.41, 5.74) is 8.19. The third-order valence-electron chi connectivity index (χ3n) is 4.29. The second kappa shape index (κ2) is 6.18. The molecule has 1 saturated carbocycles. The number of amides is 1. The number of carbonyl (C=O) groups is 1. The minimum absolute atomic E-state index is 0.0290. The number of benzene rings is 1. The average molecular weight is 284 g/mol. The Bertz CT molecular complexity index is 643. The molecule has 3 rings (SSSR count). The van der Waals surface area contributed by atoms with E-state index in [1.54, 1.807) is 12.4 Å². The summed E-state index contributed by atoms with van der Waals surface area (Å²) in [6.07, 6.45) is 7.59. The summed E-state index contributed by atoms with van der Waals surface area (Å²) >= 11 is 0. The van der Waals surface area contributed by atoms with Gasteiger partial charge in [-0.2, -0.15) is 0 Å². The number of rotatable bonds is 3. The Morgan fingerprint density at radius 2 is 1.95 bits per heavy atom. The van der Waals surface area contributed by atoms with Crippen LogP contribution in [0, 0.1) is 11.8 Å². The van der Waals surface area contributed by atoms with E-state index in [4.69, 9.17) is 5.73 Å². The molecule has 3 N–H and O–H groups in total. The van der Waals surface area contributed by atoms with Gasteiger partial charge in [0.15, 0.2) is 0 Å². The fourth-order valence-electron chi connectivity index (χ4n) is 3.11. The lowest BCUT2D eigenvalue weighted by molar-refractivity contribution is -0.122. The molecule has 0 saturated heterocycles. The summed E-state index contributed by atoms with van der Waals surface area (Å²) in [7, 11) is 0. The zero-order valence-electron chi connectivity index (χ0n) is 12.0. The Morgan fingerprint density at radius 3 is 2.76 bits per heavy atom. The first-order valence-electron chi connectivity index (χ1n) is 7.49. The molecule has 1 amide bonds. The van der Waals surface area contributed by atoms with E-state index in [0.29, 0.717) is 12.5 Å². The van der Waals surface area contributed by atoms with Gasteiger partial charge in [-0.25, -0.2) is 0 Å². The van der Waals surface area contributed by atoms with Crippen molar-refractivity contribution in [1.82, 2.24) is 9.97 Å². The van der Waals surface area contributed by atoms with Crippen molar-refractivity contribution < 1.29 is 4.79 Å². The van der Waals surface area contributed by atoms with E-state index in [0.717, 1.165) is 36.0 Å². The van der Waals surface area contributed by atoms with Gasteiger partial charge in [0.05, 0.1) is 11.0 Å². The fraction of sp³-hybridized carbons (Fsp3) is 0.438. The Balaban J connectivity index is 1.76. The molecule has 0 bridgehead atoms. The van der Waals surface area contributed by atoms with Crippen molar-refractivity contribution in [3.8, 4) is 0 Å². The number of nitrogens with zero attached hydrogens (tertiary/aromatic N) is 2. The first-order chi connectivity index (χ1) is 10.3. The van der Waals surface area contributed by atoms with E-state index < -0.39 is 0 Å². The topological polar surface area (TPSA) is 80.9 Å². The summed E-state index contributed by atoms with van der Waals surface area (Å²) in [6, 6.07) is 5.61. The highest BCUT2D eigenvalue weighted by Gasteiger charge is 2.29. The summed E-state index contributed by atoms with van der Waals surface area (Å²) in [6.45, 7) is 0.585. The molecule has 1 heterocycles. The first-order valence-corrected chi connectivity index (χ1v) is 7.49. The van der Waals surface area contributed by atoms with Crippen LogP contribution in [0.1, 0.15) is 25.7 Å². The summed E-state index contributed by atoms with van der Waals surface area (Å²) in [5, 5.41) is 3.01. The maximum Gasteiger partial charge on any atom is 0.227 e. The monoisotopic (exact) mass is 284 g/mol. The van der Waals surface area contributed by atoms with Gasteiger partial charge < -0.3 is 11.1 Å². The number of carbonyl (C=O) groups excluding carboxylic acids is 1. The second-order valence-electron chi connectivity index (χ2n) is 5.64. The molecule has 1 aromatic heterocycles. The molecule has 0 radical (unpaired) electrons. The van der Waals surface area contributed by atoms with Crippen LogP contribution in [-0.4, -0.2) is 22.4 Å². The fourth-order valence-corrected chi connectivity index (χ4v) is 3.11. The molecule has 1 aliphatic rings. The molecule has 1 aliphatic carbocycles. The van der Waals surface area contributed by atoms with Gasteiger partial charge in [-0.1, -0.05) is 12.8 Å². The lowest BCUT2D eigenvalue weighted by Crippen LogP contribution is -2.35. The highest BCUT2D eigenvalue weighted by molar-refractivity contribution is 5.94. The number of nitrogens with two attached hydrogens (primary N) is 1. The van der Waals surface area contributed by atoms with Crippen LogP contribution in [0.2, 0.25) is 0 Å². The molecule has 1 fully saturated rings. The van der Waals surface area contributed by atoms with E-state index in [1.165, 1.54) is 6.42 Å². The predicted octanol–water partition coefficient (Wildman–Crippen LogP) is 2.33. The molecular weight excluding hydrogens is 264 g/mol. The number of aromatic nitrogens is 2. The molecule has 110 valence electrons. The van der Waals surface area contributed by atoms with E-state index in [1.807, 2.05) is 18.2 Å². The first kappa shape index (κ1) is 13.9. The van der Waals surface area contributed by atoms with Gasteiger partial charge in [-0.3, -0.25) is 14.8 Å². The minimum atomic E-state index is 0.0290. The van der Waals surface area contributed by atoms with Crippen LogP contribution in [0.25, 0.3) is 11.0 Å². The van der Waals surface area contributed by atoms with Crippen molar-refractivity contribution in [3.63, 3.8) is 0 Å². The number of hydrogen-bond acceptors (Lipinski definition) is 4.